The van der Waals surface area contributed by atoms with Crippen LogP contribution in [0.3, 0.4) is 0 Å². The van der Waals surface area contributed by atoms with E-state index in [0.717, 1.165) is 5.56 Å². The summed E-state index contributed by atoms with van der Waals surface area (Å²) >= 11 is 0. The van der Waals surface area contributed by atoms with E-state index in [1.165, 1.54) is 18.2 Å². The maximum absolute atomic E-state index is 13.4. The smallest absolute Gasteiger partial charge is 0.387 e. The molecular formula is C27H27F2N3O4. The highest BCUT2D eigenvalue weighted by molar-refractivity contribution is 5.96. The SMILES string of the molecule is COc1ccc(NC(=O)[C@H](c2ccccc2)N2CCN(C(=O)c3cccc(OC(F)F)c3)CC2)cc1. The van der Waals surface area contributed by atoms with Crippen molar-refractivity contribution in [3.63, 3.8) is 0 Å². The van der Waals surface area contributed by atoms with Crippen LogP contribution in [0.4, 0.5) is 14.5 Å². The highest BCUT2D eigenvalue weighted by Gasteiger charge is 2.32. The first-order chi connectivity index (χ1) is 17.4. The Morgan fingerprint density at radius 1 is 0.861 bits per heavy atom. The average molecular weight is 496 g/mol. The molecule has 2 amide bonds. The molecule has 1 fully saturated rings. The third-order valence-electron chi connectivity index (χ3n) is 5.99. The van der Waals surface area contributed by atoms with Crippen LogP contribution in [0.1, 0.15) is 22.0 Å². The van der Waals surface area contributed by atoms with Crippen molar-refractivity contribution in [1.82, 2.24) is 9.80 Å². The number of anilines is 1. The zero-order chi connectivity index (χ0) is 25.5. The Hall–Kier alpha value is -3.98. The second kappa shape index (κ2) is 11.6. The van der Waals surface area contributed by atoms with Crippen molar-refractivity contribution in [2.45, 2.75) is 12.7 Å². The molecule has 0 spiro atoms. The Balaban J connectivity index is 1.45. The van der Waals surface area contributed by atoms with Crippen LogP contribution < -0.4 is 14.8 Å². The van der Waals surface area contributed by atoms with Gasteiger partial charge in [-0.1, -0.05) is 36.4 Å². The standard InChI is InChI=1S/C27H27F2N3O4/c1-35-22-12-10-21(11-13-22)30-25(33)24(19-6-3-2-4-7-19)31-14-16-32(17-15-31)26(34)20-8-5-9-23(18-20)36-27(28)29/h2-13,18,24,27H,14-17H2,1H3,(H,30,33)/t24-/m0/s1. The van der Waals surface area contributed by atoms with Gasteiger partial charge in [-0.05, 0) is 48.0 Å². The van der Waals surface area contributed by atoms with Gasteiger partial charge in [-0.25, -0.2) is 0 Å². The third-order valence-corrected chi connectivity index (χ3v) is 5.99. The Labute approximate surface area is 208 Å². The van der Waals surface area contributed by atoms with E-state index in [1.807, 2.05) is 35.2 Å². The fraction of sp³-hybridized carbons (Fsp3) is 0.259. The summed E-state index contributed by atoms with van der Waals surface area (Å²) in [5, 5.41) is 2.98. The summed E-state index contributed by atoms with van der Waals surface area (Å²) in [6.45, 7) is -1.25. The number of hydrogen-bond donors (Lipinski definition) is 1. The van der Waals surface area contributed by atoms with Gasteiger partial charge in [0, 0.05) is 37.4 Å². The summed E-state index contributed by atoms with van der Waals surface area (Å²) in [5.41, 5.74) is 1.78. The number of rotatable bonds is 8. The maximum atomic E-state index is 13.4. The molecular weight excluding hydrogens is 468 g/mol. The van der Waals surface area contributed by atoms with Crippen LogP contribution in [0, 0.1) is 0 Å². The fourth-order valence-corrected chi connectivity index (χ4v) is 4.22. The lowest BCUT2D eigenvalue weighted by Gasteiger charge is -2.38. The lowest BCUT2D eigenvalue weighted by Crippen LogP contribution is -2.51. The molecule has 1 saturated heterocycles. The van der Waals surface area contributed by atoms with Gasteiger partial charge in [0.05, 0.1) is 7.11 Å². The van der Waals surface area contributed by atoms with E-state index in [1.54, 1.807) is 42.3 Å². The predicted octanol–water partition coefficient (Wildman–Crippen LogP) is 4.43. The van der Waals surface area contributed by atoms with E-state index in [4.69, 9.17) is 4.74 Å². The number of alkyl halides is 2. The van der Waals surface area contributed by atoms with Gasteiger partial charge in [0.15, 0.2) is 0 Å². The van der Waals surface area contributed by atoms with Crippen molar-refractivity contribution in [1.29, 1.82) is 0 Å². The Kier molecular flexibility index (Phi) is 8.12. The largest absolute Gasteiger partial charge is 0.497 e. The quantitative estimate of drug-likeness (QED) is 0.501. The average Bonchev–Trinajstić information content (AvgIpc) is 2.90. The van der Waals surface area contributed by atoms with Crippen molar-refractivity contribution in [2.75, 3.05) is 38.6 Å². The summed E-state index contributed by atoms with van der Waals surface area (Å²) in [4.78, 5) is 30.1. The molecule has 1 aliphatic rings. The second-order valence-electron chi connectivity index (χ2n) is 8.27. The molecule has 9 heteroatoms. The van der Waals surface area contributed by atoms with E-state index < -0.39 is 12.7 Å². The number of benzene rings is 3. The summed E-state index contributed by atoms with van der Waals surface area (Å²) in [6, 6.07) is 21.8. The molecule has 0 radical (unpaired) electrons. The Morgan fingerprint density at radius 2 is 1.56 bits per heavy atom. The monoisotopic (exact) mass is 495 g/mol. The van der Waals surface area contributed by atoms with Crippen LogP contribution in [-0.2, 0) is 4.79 Å². The summed E-state index contributed by atoms with van der Waals surface area (Å²) in [7, 11) is 1.58. The van der Waals surface area contributed by atoms with E-state index in [0.29, 0.717) is 37.6 Å². The Bertz CT molecular complexity index is 1170. The highest BCUT2D eigenvalue weighted by atomic mass is 19.3. The van der Waals surface area contributed by atoms with Crippen molar-refractivity contribution < 1.29 is 27.8 Å². The molecule has 7 nitrogen and oxygen atoms in total. The van der Waals surface area contributed by atoms with Crippen molar-refractivity contribution in [3.05, 3.63) is 90.0 Å². The first-order valence-corrected chi connectivity index (χ1v) is 11.5. The number of piperazine rings is 1. The molecule has 0 aromatic heterocycles. The molecule has 188 valence electrons. The van der Waals surface area contributed by atoms with Crippen LogP contribution in [0.5, 0.6) is 11.5 Å². The summed E-state index contributed by atoms with van der Waals surface area (Å²) < 4.78 is 34.7. The van der Waals surface area contributed by atoms with E-state index in [9.17, 15) is 18.4 Å². The molecule has 0 unspecified atom stereocenters. The van der Waals surface area contributed by atoms with Crippen molar-refractivity contribution in [3.8, 4) is 11.5 Å². The van der Waals surface area contributed by atoms with E-state index in [-0.39, 0.29) is 23.1 Å². The molecule has 0 bridgehead atoms. The second-order valence-corrected chi connectivity index (χ2v) is 8.27. The minimum absolute atomic E-state index is 0.0613. The number of ether oxygens (including phenoxy) is 2. The molecule has 4 rings (SSSR count). The summed E-state index contributed by atoms with van der Waals surface area (Å²) in [5.74, 6) is 0.185. The molecule has 1 atom stereocenters. The zero-order valence-corrected chi connectivity index (χ0v) is 19.8. The third kappa shape index (κ3) is 6.17. The van der Waals surface area contributed by atoms with Gasteiger partial charge < -0.3 is 19.7 Å². The minimum Gasteiger partial charge on any atom is -0.497 e. The lowest BCUT2D eigenvalue weighted by molar-refractivity contribution is -0.122. The molecule has 3 aromatic carbocycles. The number of nitrogens with one attached hydrogen (secondary N) is 1. The number of carbonyl (C=O) groups is 2. The van der Waals surface area contributed by atoms with Crippen LogP contribution in [-0.4, -0.2) is 61.5 Å². The van der Waals surface area contributed by atoms with E-state index in [2.05, 4.69) is 10.1 Å². The van der Waals surface area contributed by atoms with E-state index >= 15 is 0 Å². The van der Waals surface area contributed by atoms with Gasteiger partial charge >= 0.3 is 6.61 Å². The number of methoxy groups -OCH3 is 1. The molecule has 1 aliphatic heterocycles. The van der Waals surface area contributed by atoms with Gasteiger partial charge in [0.25, 0.3) is 5.91 Å². The Morgan fingerprint density at radius 3 is 2.19 bits per heavy atom. The number of nitrogens with zero attached hydrogens (tertiary/aromatic N) is 2. The molecule has 1 N–H and O–H groups in total. The fourth-order valence-electron chi connectivity index (χ4n) is 4.22. The maximum Gasteiger partial charge on any atom is 0.387 e. The molecule has 0 saturated carbocycles. The number of hydrogen-bond acceptors (Lipinski definition) is 5. The molecule has 36 heavy (non-hydrogen) atoms. The zero-order valence-electron chi connectivity index (χ0n) is 19.8. The van der Waals surface area contributed by atoms with Crippen molar-refractivity contribution >= 4 is 17.5 Å². The van der Waals surface area contributed by atoms with Crippen LogP contribution in [0.2, 0.25) is 0 Å². The number of amides is 2. The van der Waals surface area contributed by atoms with Gasteiger partial charge in [0.2, 0.25) is 5.91 Å². The number of carbonyl (C=O) groups excluding carboxylic acids is 2. The van der Waals surface area contributed by atoms with Gasteiger partial charge in [-0.3, -0.25) is 14.5 Å². The van der Waals surface area contributed by atoms with Crippen LogP contribution in [0.15, 0.2) is 78.9 Å². The number of halogens is 2. The first-order valence-electron chi connectivity index (χ1n) is 11.5. The molecule has 3 aromatic rings. The predicted molar refractivity (Wildman–Crippen MR) is 131 cm³/mol. The van der Waals surface area contributed by atoms with Gasteiger partial charge in [-0.15, -0.1) is 0 Å². The molecule has 1 heterocycles. The molecule has 0 aliphatic carbocycles. The minimum atomic E-state index is -2.96. The van der Waals surface area contributed by atoms with Crippen LogP contribution in [0.25, 0.3) is 0 Å². The topological polar surface area (TPSA) is 71.1 Å². The first kappa shape index (κ1) is 25.1. The van der Waals surface area contributed by atoms with Gasteiger partial charge in [0.1, 0.15) is 17.5 Å². The lowest BCUT2D eigenvalue weighted by atomic mass is 10.0. The van der Waals surface area contributed by atoms with Crippen LogP contribution >= 0.6 is 0 Å². The van der Waals surface area contributed by atoms with Gasteiger partial charge in [-0.2, -0.15) is 8.78 Å². The normalized spacial score (nSPS) is 14.8. The highest BCUT2D eigenvalue weighted by Crippen LogP contribution is 2.26. The van der Waals surface area contributed by atoms with Crippen molar-refractivity contribution in [2.24, 2.45) is 0 Å². The summed E-state index contributed by atoms with van der Waals surface area (Å²) in [6.07, 6.45) is 0.